The van der Waals surface area contributed by atoms with Gasteiger partial charge in [0.2, 0.25) is 0 Å². The summed E-state index contributed by atoms with van der Waals surface area (Å²) in [6.45, 7) is 6.55. The first-order valence-electron chi connectivity index (χ1n) is 31.9. The van der Waals surface area contributed by atoms with Crippen LogP contribution in [0.1, 0.15) is 323 Å². The summed E-state index contributed by atoms with van der Waals surface area (Å²) in [6.07, 6.45) is 80.5. The number of unbranched alkanes of at least 4 members (excludes halogenated alkanes) is 35. The van der Waals surface area contributed by atoms with Gasteiger partial charge in [-0.15, -0.1) is 0 Å². The van der Waals surface area contributed by atoms with Gasteiger partial charge in [-0.05, 0) is 89.9 Å². The molecule has 0 bridgehead atoms. The number of hydrogen-bond acceptors (Lipinski definition) is 6. The van der Waals surface area contributed by atoms with E-state index in [1.807, 2.05) is 0 Å². The Balaban J connectivity index is 4.27. The van der Waals surface area contributed by atoms with Gasteiger partial charge in [0.15, 0.2) is 6.10 Å². The van der Waals surface area contributed by atoms with Crippen molar-refractivity contribution in [1.82, 2.24) is 0 Å². The molecule has 0 fully saturated rings. The predicted molar refractivity (Wildman–Crippen MR) is 321 cm³/mol. The summed E-state index contributed by atoms with van der Waals surface area (Å²) in [5.74, 6) is -0.872. The van der Waals surface area contributed by atoms with Gasteiger partial charge in [-0.25, -0.2) is 0 Å². The van der Waals surface area contributed by atoms with Gasteiger partial charge in [0, 0.05) is 19.3 Å². The number of esters is 3. The fraction of sp³-hybridized carbons (Fsp3) is 0.779. The molecular formula is C68H120O6. The van der Waals surface area contributed by atoms with Crippen molar-refractivity contribution in [1.29, 1.82) is 0 Å². The van der Waals surface area contributed by atoms with Gasteiger partial charge in [0.25, 0.3) is 0 Å². The van der Waals surface area contributed by atoms with Gasteiger partial charge in [0.05, 0.1) is 0 Å². The summed E-state index contributed by atoms with van der Waals surface area (Å²) in [6, 6.07) is 0. The maximum Gasteiger partial charge on any atom is 0.306 e. The SMILES string of the molecule is CC/C=C\C/C=C\C/C=C\C/C=C\C/C=C\CCCCCCCCCCCCCC(=O)OCC(COC(=O)CCCCCCCCCCCCCCC)OC(=O)CCCCCCC/C=C\CCCCCCCCC. The molecule has 0 aliphatic carbocycles. The molecule has 0 rings (SSSR count). The van der Waals surface area contributed by atoms with Crippen molar-refractivity contribution in [2.24, 2.45) is 0 Å². The first kappa shape index (κ1) is 70.8. The Hall–Kier alpha value is -3.15. The number of carbonyl (C=O) groups excluding carboxylic acids is 3. The first-order valence-corrected chi connectivity index (χ1v) is 31.9. The number of hydrogen-bond donors (Lipinski definition) is 0. The quantitative estimate of drug-likeness (QED) is 0.0261. The molecule has 0 aromatic rings. The lowest BCUT2D eigenvalue weighted by molar-refractivity contribution is -0.167. The van der Waals surface area contributed by atoms with Crippen LogP contribution in [0.5, 0.6) is 0 Å². The summed E-state index contributed by atoms with van der Waals surface area (Å²) >= 11 is 0. The highest BCUT2D eigenvalue weighted by atomic mass is 16.6. The Bertz CT molecular complexity index is 1370. The van der Waals surface area contributed by atoms with Crippen LogP contribution in [0, 0.1) is 0 Å². The van der Waals surface area contributed by atoms with Crippen molar-refractivity contribution >= 4 is 17.9 Å². The average Bonchev–Trinajstić information content (AvgIpc) is 3.40. The van der Waals surface area contributed by atoms with Crippen LogP contribution >= 0.6 is 0 Å². The molecule has 74 heavy (non-hydrogen) atoms. The Morgan fingerprint density at radius 2 is 0.527 bits per heavy atom. The molecule has 0 aromatic heterocycles. The second kappa shape index (κ2) is 62.4. The van der Waals surface area contributed by atoms with E-state index in [1.54, 1.807) is 0 Å². The van der Waals surface area contributed by atoms with Crippen LogP contribution in [0.4, 0.5) is 0 Å². The smallest absolute Gasteiger partial charge is 0.306 e. The monoisotopic (exact) mass is 1030 g/mol. The minimum atomic E-state index is -0.779. The van der Waals surface area contributed by atoms with E-state index in [1.165, 1.54) is 186 Å². The first-order chi connectivity index (χ1) is 36.5. The molecule has 0 aliphatic heterocycles. The third-order valence-corrected chi connectivity index (χ3v) is 13.9. The van der Waals surface area contributed by atoms with E-state index in [9.17, 15) is 14.4 Å². The van der Waals surface area contributed by atoms with Crippen molar-refractivity contribution in [3.05, 3.63) is 72.9 Å². The van der Waals surface area contributed by atoms with Crippen LogP contribution in [0.2, 0.25) is 0 Å². The van der Waals surface area contributed by atoms with E-state index in [0.717, 1.165) is 96.3 Å². The summed E-state index contributed by atoms with van der Waals surface area (Å²) in [7, 11) is 0. The standard InChI is InChI=1S/C68H120O6/c1-4-7-10-13-16-19-22-25-27-29-30-31-32-33-34-35-36-37-38-39-41-43-46-49-52-55-58-61-67(70)73-64-65(63-72-66(69)60-57-54-51-48-45-42-24-21-18-15-12-9-6-3)74-68(71)62-59-56-53-50-47-44-40-28-26-23-20-17-14-11-8-5-2/h7,10,16,19,25,27-28,30-31,33-34,40,65H,4-6,8-9,11-15,17-18,20-24,26,29,32,35-39,41-64H2,1-3H3/b10-7-,19-16-,27-25-,31-30-,34-33-,40-28-. The van der Waals surface area contributed by atoms with Gasteiger partial charge < -0.3 is 14.2 Å². The van der Waals surface area contributed by atoms with E-state index in [2.05, 4.69) is 93.7 Å². The lowest BCUT2D eigenvalue weighted by Crippen LogP contribution is -2.30. The summed E-state index contributed by atoms with van der Waals surface area (Å²) in [5, 5.41) is 0. The highest BCUT2D eigenvalue weighted by molar-refractivity contribution is 5.71. The van der Waals surface area contributed by atoms with Crippen molar-refractivity contribution in [3.8, 4) is 0 Å². The Labute approximate surface area is 459 Å². The van der Waals surface area contributed by atoms with Crippen LogP contribution < -0.4 is 0 Å². The molecule has 0 spiro atoms. The Kier molecular flexibility index (Phi) is 59.7. The van der Waals surface area contributed by atoms with Crippen LogP contribution in [0.3, 0.4) is 0 Å². The van der Waals surface area contributed by atoms with E-state index in [0.29, 0.717) is 19.3 Å². The van der Waals surface area contributed by atoms with Crippen LogP contribution in [0.15, 0.2) is 72.9 Å². The number of rotatable bonds is 58. The maximum atomic E-state index is 12.9. The third-order valence-electron chi connectivity index (χ3n) is 13.9. The van der Waals surface area contributed by atoms with Crippen LogP contribution in [0.25, 0.3) is 0 Å². The highest BCUT2D eigenvalue weighted by Gasteiger charge is 2.19. The molecule has 1 unspecified atom stereocenters. The molecule has 6 heteroatoms. The lowest BCUT2D eigenvalue weighted by Gasteiger charge is -2.18. The molecule has 0 saturated carbocycles. The molecular weight excluding hydrogens is 913 g/mol. The summed E-state index contributed by atoms with van der Waals surface area (Å²) < 4.78 is 16.9. The van der Waals surface area contributed by atoms with Crippen LogP contribution in [-0.4, -0.2) is 37.2 Å². The highest BCUT2D eigenvalue weighted by Crippen LogP contribution is 2.17. The van der Waals surface area contributed by atoms with Gasteiger partial charge in [-0.1, -0.05) is 286 Å². The molecule has 0 amide bonds. The molecule has 0 saturated heterocycles. The topological polar surface area (TPSA) is 78.9 Å². The Morgan fingerprint density at radius 3 is 0.838 bits per heavy atom. The molecule has 1 atom stereocenters. The van der Waals surface area contributed by atoms with Gasteiger partial charge in [-0.2, -0.15) is 0 Å². The zero-order valence-corrected chi connectivity index (χ0v) is 49.1. The van der Waals surface area contributed by atoms with Crippen molar-refractivity contribution in [2.75, 3.05) is 13.2 Å². The minimum absolute atomic E-state index is 0.0755. The predicted octanol–water partition coefficient (Wildman–Crippen LogP) is 21.7. The van der Waals surface area contributed by atoms with Gasteiger partial charge in [-0.3, -0.25) is 14.4 Å². The molecule has 6 nitrogen and oxygen atoms in total. The number of ether oxygens (including phenoxy) is 3. The second-order valence-electron chi connectivity index (χ2n) is 21.3. The fourth-order valence-corrected chi connectivity index (χ4v) is 9.17. The normalized spacial score (nSPS) is 12.5. The van der Waals surface area contributed by atoms with Crippen molar-refractivity contribution in [2.45, 2.75) is 329 Å². The molecule has 0 radical (unpaired) electrons. The van der Waals surface area contributed by atoms with E-state index in [-0.39, 0.29) is 31.1 Å². The van der Waals surface area contributed by atoms with E-state index in [4.69, 9.17) is 14.2 Å². The zero-order valence-electron chi connectivity index (χ0n) is 49.1. The van der Waals surface area contributed by atoms with E-state index >= 15 is 0 Å². The largest absolute Gasteiger partial charge is 0.462 e. The van der Waals surface area contributed by atoms with Crippen molar-refractivity contribution < 1.29 is 28.6 Å². The lowest BCUT2D eigenvalue weighted by atomic mass is 10.0. The molecule has 428 valence electrons. The molecule has 0 N–H and O–H groups in total. The zero-order chi connectivity index (χ0) is 53.6. The van der Waals surface area contributed by atoms with Gasteiger partial charge in [0.1, 0.15) is 13.2 Å². The molecule has 0 aromatic carbocycles. The number of allylic oxidation sites excluding steroid dienone is 12. The maximum absolute atomic E-state index is 12.9. The fourth-order valence-electron chi connectivity index (χ4n) is 9.17. The molecule has 0 aliphatic rings. The van der Waals surface area contributed by atoms with Crippen molar-refractivity contribution in [3.63, 3.8) is 0 Å². The third kappa shape index (κ3) is 59.7. The average molecular weight is 1030 g/mol. The minimum Gasteiger partial charge on any atom is -0.462 e. The summed E-state index contributed by atoms with van der Waals surface area (Å²) in [4.78, 5) is 38.3. The second-order valence-corrected chi connectivity index (χ2v) is 21.3. The number of carbonyl (C=O) groups is 3. The van der Waals surface area contributed by atoms with Crippen LogP contribution in [-0.2, 0) is 28.6 Å². The summed E-state index contributed by atoms with van der Waals surface area (Å²) in [5.41, 5.74) is 0. The van der Waals surface area contributed by atoms with E-state index < -0.39 is 6.10 Å². The molecule has 0 heterocycles. The Morgan fingerprint density at radius 1 is 0.284 bits per heavy atom. The van der Waals surface area contributed by atoms with Gasteiger partial charge >= 0.3 is 17.9 Å².